The second-order valence-corrected chi connectivity index (χ2v) is 7.43. The van der Waals surface area contributed by atoms with Gasteiger partial charge in [-0.25, -0.2) is 0 Å². The van der Waals surface area contributed by atoms with Crippen LogP contribution < -0.4 is 0 Å². The Balaban J connectivity index is 1.76. The lowest BCUT2D eigenvalue weighted by atomic mass is 10.0. The molecule has 0 spiro atoms. The van der Waals surface area contributed by atoms with Crippen LogP contribution in [0.2, 0.25) is 0 Å². The van der Waals surface area contributed by atoms with E-state index in [0.29, 0.717) is 17.1 Å². The molecule has 0 aliphatic heterocycles. The fraction of sp³-hybridized carbons (Fsp3) is 0.182. The Kier molecular flexibility index (Phi) is 5.22. The number of hydrogen-bond acceptors (Lipinski definition) is 4. The molecule has 0 saturated heterocycles. The molecule has 29 heavy (non-hydrogen) atoms. The van der Waals surface area contributed by atoms with Crippen molar-refractivity contribution in [2.24, 2.45) is 5.10 Å². The van der Waals surface area contributed by atoms with Gasteiger partial charge in [-0.05, 0) is 55.7 Å². The molecule has 0 atom stereocenters. The van der Waals surface area contributed by atoms with Crippen molar-refractivity contribution in [1.29, 1.82) is 0 Å². The molecule has 0 amide bonds. The van der Waals surface area contributed by atoms with E-state index in [4.69, 9.17) is 17.3 Å². The van der Waals surface area contributed by atoms with Gasteiger partial charge in [0.15, 0.2) is 0 Å². The summed E-state index contributed by atoms with van der Waals surface area (Å²) in [5.74, 6) is 0.704. The first-order chi connectivity index (χ1) is 14.0. The summed E-state index contributed by atoms with van der Waals surface area (Å²) in [7, 11) is 0. The number of aromatic nitrogens is 5. The quantitative estimate of drug-likeness (QED) is 0.390. The van der Waals surface area contributed by atoms with Gasteiger partial charge in [-0.2, -0.15) is 20.0 Å². The molecular weight excluding hydrogens is 380 g/mol. The van der Waals surface area contributed by atoms with Crippen LogP contribution in [-0.2, 0) is 6.54 Å². The zero-order chi connectivity index (χ0) is 20.4. The molecule has 4 rings (SSSR count). The fourth-order valence-corrected chi connectivity index (χ4v) is 3.35. The molecule has 0 saturated carbocycles. The average Bonchev–Trinajstić information content (AvgIpc) is 3.26. The number of hydrogen-bond donors (Lipinski definition) is 1. The third-order valence-electron chi connectivity index (χ3n) is 4.88. The minimum atomic E-state index is 0.461. The Hall–Kier alpha value is -3.32. The topological polar surface area (TPSA) is 63.8 Å². The Morgan fingerprint density at radius 3 is 2.55 bits per heavy atom. The number of rotatable bonds is 5. The van der Waals surface area contributed by atoms with Crippen molar-refractivity contribution in [3.05, 3.63) is 87.6 Å². The first-order valence-corrected chi connectivity index (χ1v) is 9.79. The third-order valence-corrected chi connectivity index (χ3v) is 5.15. The molecule has 2 aromatic carbocycles. The molecule has 7 heteroatoms. The molecule has 0 radical (unpaired) electrons. The maximum absolute atomic E-state index is 5.25. The summed E-state index contributed by atoms with van der Waals surface area (Å²) >= 11 is 5.25. The van der Waals surface area contributed by atoms with Gasteiger partial charge in [-0.15, -0.1) is 0 Å². The summed E-state index contributed by atoms with van der Waals surface area (Å²) in [6.45, 7) is 6.77. The van der Waals surface area contributed by atoms with Crippen molar-refractivity contribution in [2.45, 2.75) is 27.3 Å². The van der Waals surface area contributed by atoms with E-state index in [1.54, 1.807) is 10.9 Å². The van der Waals surface area contributed by atoms with Crippen LogP contribution in [0.1, 0.15) is 28.1 Å². The predicted octanol–water partition coefficient (Wildman–Crippen LogP) is 4.66. The Morgan fingerprint density at radius 1 is 1.07 bits per heavy atom. The maximum Gasteiger partial charge on any atom is 0.216 e. The van der Waals surface area contributed by atoms with E-state index in [0.717, 1.165) is 16.8 Å². The molecule has 1 N–H and O–H groups in total. The average molecular weight is 403 g/mol. The number of aromatic amines is 1. The second kappa shape index (κ2) is 7.97. The number of aryl methyl sites for hydroxylation is 3. The van der Waals surface area contributed by atoms with Crippen molar-refractivity contribution in [3.8, 4) is 11.3 Å². The molecule has 0 aliphatic carbocycles. The molecule has 146 valence electrons. The highest BCUT2D eigenvalue weighted by molar-refractivity contribution is 7.71. The zero-order valence-electron chi connectivity index (χ0n) is 16.6. The van der Waals surface area contributed by atoms with Crippen molar-refractivity contribution in [2.75, 3.05) is 0 Å². The number of H-pyrrole nitrogens is 1. The van der Waals surface area contributed by atoms with Crippen LogP contribution in [-0.4, -0.2) is 30.9 Å². The van der Waals surface area contributed by atoms with E-state index in [9.17, 15) is 0 Å². The number of nitrogens with one attached hydrogen (secondary N) is 1. The monoisotopic (exact) mass is 402 g/mol. The van der Waals surface area contributed by atoms with Crippen molar-refractivity contribution < 1.29 is 0 Å². The number of benzene rings is 2. The molecule has 0 aliphatic rings. The van der Waals surface area contributed by atoms with Crippen LogP contribution in [0.5, 0.6) is 0 Å². The molecule has 2 heterocycles. The van der Waals surface area contributed by atoms with E-state index < -0.39 is 0 Å². The lowest BCUT2D eigenvalue weighted by Crippen LogP contribution is -2.00. The highest BCUT2D eigenvalue weighted by Crippen LogP contribution is 2.24. The van der Waals surface area contributed by atoms with Gasteiger partial charge in [0, 0.05) is 17.3 Å². The summed E-state index contributed by atoms with van der Waals surface area (Å²) in [6, 6.07) is 16.7. The normalized spacial score (nSPS) is 11.4. The summed E-state index contributed by atoms with van der Waals surface area (Å²) < 4.78 is 4.01. The second-order valence-electron chi connectivity index (χ2n) is 7.05. The van der Waals surface area contributed by atoms with E-state index in [2.05, 4.69) is 59.5 Å². The van der Waals surface area contributed by atoms with Gasteiger partial charge >= 0.3 is 0 Å². The van der Waals surface area contributed by atoms with Crippen LogP contribution in [0.25, 0.3) is 11.3 Å². The van der Waals surface area contributed by atoms with Crippen molar-refractivity contribution >= 4 is 18.4 Å². The standard InChI is InChI=1S/C22H22N6S/c1-15-9-10-19(11-16(15)2)21-20(12-23-28-17(3)24-25-22(28)29)14-27(26-21)13-18-7-5-4-6-8-18/h4-12,14H,13H2,1-3H3,(H,25,29)/b23-12-. The Bertz CT molecular complexity index is 1230. The van der Waals surface area contributed by atoms with Crippen LogP contribution in [0.3, 0.4) is 0 Å². The maximum atomic E-state index is 5.25. The molecular formula is C22H22N6S. The van der Waals surface area contributed by atoms with Gasteiger partial charge in [0.2, 0.25) is 4.77 Å². The van der Waals surface area contributed by atoms with Crippen molar-refractivity contribution in [1.82, 2.24) is 24.7 Å². The summed E-state index contributed by atoms with van der Waals surface area (Å²) in [5.41, 5.74) is 6.56. The number of nitrogens with zero attached hydrogens (tertiary/aromatic N) is 5. The largest absolute Gasteiger partial charge is 0.267 e. The predicted molar refractivity (Wildman–Crippen MR) is 118 cm³/mol. The van der Waals surface area contributed by atoms with Gasteiger partial charge in [-0.1, -0.05) is 42.5 Å². The Morgan fingerprint density at radius 2 is 1.86 bits per heavy atom. The van der Waals surface area contributed by atoms with Crippen LogP contribution in [0.4, 0.5) is 0 Å². The molecule has 0 bridgehead atoms. The van der Waals surface area contributed by atoms with E-state index in [1.165, 1.54) is 16.7 Å². The van der Waals surface area contributed by atoms with E-state index >= 15 is 0 Å². The molecule has 6 nitrogen and oxygen atoms in total. The summed E-state index contributed by atoms with van der Waals surface area (Å²) in [5, 5.41) is 16.2. The first-order valence-electron chi connectivity index (χ1n) is 9.38. The smallest absolute Gasteiger partial charge is 0.216 e. The summed E-state index contributed by atoms with van der Waals surface area (Å²) in [4.78, 5) is 0. The van der Waals surface area contributed by atoms with E-state index in [-0.39, 0.29) is 0 Å². The van der Waals surface area contributed by atoms with E-state index in [1.807, 2.05) is 36.0 Å². The van der Waals surface area contributed by atoms with Crippen molar-refractivity contribution in [3.63, 3.8) is 0 Å². The molecule has 2 aromatic heterocycles. The lowest BCUT2D eigenvalue weighted by Gasteiger charge is -2.04. The first kappa shape index (κ1) is 19.0. The lowest BCUT2D eigenvalue weighted by molar-refractivity contribution is 0.689. The highest BCUT2D eigenvalue weighted by atomic mass is 32.1. The highest BCUT2D eigenvalue weighted by Gasteiger charge is 2.12. The van der Waals surface area contributed by atoms with Gasteiger partial charge in [0.25, 0.3) is 0 Å². The molecule has 0 unspecified atom stereocenters. The fourth-order valence-electron chi connectivity index (χ4n) is 3.12. The molecule has 4 aromatic rings. The van der Waals surface area contributed by atoms with Crippen LogP contribution in [0, 0.1) is 25.5 Å². The molecule has 0 fully saturated rings. The third kappa shape index (κ3) is 4.09. The van der Waals surface area contributed by atoms with Crippen LogP contribution in [0.15, 0.2) is 59.8 Å². The van der Waals surface area contributed by atoms with Gasteiger partial charge in [0.1, 0.15) is 11.5 Å². The zero-order valence-corrected chi connectivity index (χ0v) is 17.4. The van der Waals surface area contributed by atoms with Crippen LogP contribution >= 0.6 is 12.2 Å². The SMILES string of the molecule is Cc1ccc(-c2nn(Cc3ccccc3)cc2/C=N\n2c(C)n[nH]c2=S)cc1C. The van der Waals surface area contributed by atoms with Gasteiger partial charge in [0.05, 0.1) is 12.8 Å². The Labute approximate surface area is 174 Å². The summed E-state index contributed by atoms with van der Waals surface area (Å²) in [6.07, 6.45) is 3.80. The van der Waals surface area contributed by atoms with Gasteiger partial charge < -0.3 is 0 Å². The minimum Gasteiger partial charge on any atom is -0.267 e. The van der Waals surface area contributed by atoms with Gasteiger partial charge in [-0.3, -0.25) is 9.78 Å². The minimum absolute atomic E-state index is 0.461.